The van der Waals surface area contributed by atoms with Gasteiger partial charge in [0.2, 0.25) is 0 Å². The van der Waals surface area contributed by atoms with Gasteiger partial charge in [0.15, 0.2) is 0 Å². The van der Waals surface area contributed by atoms with E-state index >= 15 is 0 Å². The molecule has 1 N–H and O–H groups in total. The molecule has 0 radical (unpaired) electrons. The van der Waals surface area contributed by atoms with Crippen LogP contribution in [0, 0.1) is 5.92 Å². The Balaban J connectivity index is 2.14. The zero-order chi connectivity index (χ0) is 9.47. The highest BCUT2D eigenvalue weighted by molar-refractivity contribution is 5.04. The molecule has 2 aliphatic rings. The Hall–Kier alpha value is -0.0800. The molecule has 0 aromatic rings. The van der Waals surface area contributed by atoms with Crippen molar-refractivity contribution in [2.75, 3.05) is 13.1 Å². The minimum Gasteiger partial charge on any atom is -0.388 e. The van der Waals surface area contributed by atoms with Gasteiger partial charge in [-0.1, -0.05) is 20.3 Å². The van der Waals surface area contributed by atoms with Crippen LogP contribution < -0.4 is 0 Å². The Labute approximate surface area is 80.9 Å². The van der Waals surface area contributed by atoms with E-state index < -0.39 is 0 Å². The Kier molecular flexibility index (Phi) is 2.37. The van der Waals surface area contributed by atoms with Gasteiger partial charge in [-0.3, -0.25) is 4.90 Å². The van der Waals surface area contributed by atoms with Crippen molar-refractivity contribution < 1.29 is 5.11 Å². The second-order valence-electron chi connectivity index (χ2n) is 4.74. The average Bonchev–Trinajstić information content (AvgIpc) is 2.69. The molecule has 0 saturated carbocycles. The fourth-order valence-corrected chi connectivity index (χ4v) is 3.08. The van der Waals surface area contributed by atoms with Gasteiger partial charge < -0.3 is 5.11 Å². The smallest absolute Gasteiger partial charge is 0.0839 e. The molecule has 76 valence electrons. The maximum absolute atomic E-state index is 10.6. The summed E-state index contributed by atoms with van der Waals surface area (Å²) in [5, 5.41) is 10.6. The number of nitrogens with zero attached hydrogens (tertiary/aromatic N) is 1. The molecule has 0 amide bonds. The lowest BCUT2D eigenvalue weighted by Crippen LogP contribution is -2.46. The second kappa shape index (κ2) is 3.25. The third-order valence-corrected chi connectivity index (χ3v) is 4.21. The lowest BCUT2D eigenvalue weighted by Gasteiger charge is -2.35. The molecule has 0 spiro atoms. The summed E-state index contributed by atoms with van der Waals surface area (Å²) in [7, 11) is 0. The van der Waals surface area contributed by atoms with Crippen LogP contribution in [-0.2, 0) is 0 Å². The van der Waals surface area contributed by atoms with Gasteiger partial charge in [0, 0.05) is 12.6 Å². The van der Waals surface area contributed by atoms with E-state index in [1.54, 1.807) is 0 Å². The standard InChI is InChI=1S/C11H21NO/c1-3-9(2)11(13)6-8-12-7-4-5-10(11)12/h9-10,13H,3-8H2,1-2H3. The molecule has 13 heavy (non-hydrogen) atoms. The van der Waals surface area contributed by atoms with Crippen molar-refractivity contribution in [3.8, 4) is 0 Å². The van der Waals surface area contributed by atoms with E-state index in [0.29, 0.717) is 12.0 Å². The molecule has 0 bridgehead atoms. The van der Waals surface area contributed by atoms with Crippen molar-refractivity contribution in [3.63, 3.8) is 0 Å². The molecule has 2 aliphatic heterocycles. The zero-order valence-electron chi connectivity index (χ0n) is 8.79. The van der Waals surface area contributed by atoms with Crippen LogP contribution in [0.15, 0.2) is 0 Å². The normalized spacial score (nSPS) is 42.2. The van der Waals surface area contributed by atoms with Crippen LogP contribution in [0.4, 0.5) is 0 Å². The number of aliphatic hydroxyl groups is 1. The van der Waals surface area contributed by atoms with Crippen molar-refractivity contribution in [3.05, 3.63) is 0 Å². The van der Waals surface area contributed by atoms with E-state index in [1.807, 2.05) is 0 Å². The van der Waals surface area contributed by atoms with Gasteiger partial charge in [0.25, 0.3) is 0 Å². The Bertz CT molecular complexity index is 195. The molecule has 2 fully saturated rings. The van der Waals surface area contributed by atoms with Crippen LogP contribution >= 0.6 is 0 Å². The molecule has 0 aliphatic carbocycles. The molecule has 2 nitrogen and oxygen atoms in total. The van der Waals surface area contributed by atoms with Crippen LogP contribution in [-0.4, -0.2) is 34.7 Å². The van der Waals surface area contributed by atoms with Gasteiger partial charge in [-0.2, -0.15) is 0 Å². The third-order valence-electron chi connectivity index (χ3n) is 4.21. The molecule has 3 unspecified atom stereocenters. The van der Waals surface area contributed by atoms with Crippen LogP contribution in [0.25, 0.3) is 0 Å². The highest BCUT2D eigenvalue weighted by Crippen LogP contribution is 2.41. The summed E-state index contributed by atoms with van der Waals surface area (Å²) in [6.07, 6.45) is 4.58. The van der Waals surface area contributed by atoms with E-state index in [1.165, 1.54) is 19.4 Å². The van der Waals surface area contributed by atoms with E-state index in [4.69, 9.17) is 0 Å². The van der Waals surface area contributed by atoms with Gasteiger partial charge in [-0.15, -0.1) is 0 Å². The lowest BCUT2D eigenvalue weighted by atomic mass is 9.80. The zero-order valence-corrected chi connectivity index (χ0v) is 8.79. The first kappa shape index (κ1) is 9.47. The summed E-state index contributed by atoms with van der Waals surface area (Å²) in [6, 6.07) is 0.474. The number of rotatable bonds is 2. The molecule has 2 heteroatoms. The first-order valence-electron chi connectivity index (χ1n) is 5.65. The molecule has 0 aromatic carbocycles. The van der Waals surface area contributed by atoms with E-state index in [0.717, 1.165) is 19.4 Å². The SMILES string of the molecule is CCC(C)C1(O)CCN2CCCC21. The van der Waals surface area contributed by atoms with Gasteiger partial charge in [-0.25, -0.2) is 0 Å². The van der Waals surface area contributed by atoms with Crippen LogP contribution in [0.5, 0.6) is 0 Å². The number of hydrogen-bond acceptors (Lipinski definition) is 2. The fraction of sp³-hybridized carbons (Fsp3) is 1.00. The van der Waals surface area contributed by atoms with Crippen LogP contribution in [0.1, 0.15) is 39.5 Å². The van der Waals surface area contributed by atoms with Gasteiger partial charge in [-0.05, 0) is 31.7 Å². The van der Waals surface area contributed by atoms with E-state index in [2.05, 4.69) is 18.7 Å². The summed E-state index contributed by atoms with van der Waals surface area (Å²) in [6.45, 7) is 6.71. The Morgan fingerprint density at radius 1 is 1.54 bits per heavy atom. The highest BCUT2D eigenvalue weighted by atomic mass is 16.3. The summed E-state index contributed by atoms with van der Waals surface area (Å²) in [5.41, 5.74) is -0.370. The molecule has 2 rings (SSSR count). The summed E-state index contributed by atoms with van der Waals surface area (Å²) < 4.78 is 0. The van der Waals surface area contributed by atoms with Crippen LogP contribution in [0.3, 0.4) is 0 Å². The highest BCUT2D eigenvalue weighted by Gasteiger charge is 2.50. The summed E-state index contributed by atoms with van der Waals surface area (Å²) in [4.78, 5) is 2.48. The Morgan fingerprint density at radius 2 is 2.31 bits per heavy atom. The minimum atomic E-state index is -0.370. The van der Waals surface area contributed by atoms with E-state index in [9.17, 15) is 5.11 Å². The quantitative estimate of drug-likeness (QED) is 0.703. The molecular formula is C11H21NO. The molecule has 0 aromatic heterocycles. The van der Waals surface area contributed by atoms with Crippen LogP contribution in [0.2, 0.25) is 0 Å². The van der Waals surface area contributed by atoms with Gasteiger partial charge >= 0.3 is 0 Å². The molecule has 2 heterocycles. The predicted octanol–water partition coefficient (Wildman–Crippen LogP) is 1.63. The maximum atomic E-state index is 10.6. The third kappa shape index (κ3) is 1.31. The monoisotopic (exact) mass is 183 g/mol. The van der Waals surface area contributed by atoms with Crippen molar-refractivity contribution >= 4 is 0 Å². The summed E-state index contributed by atoms with van der Waals surface area (Å²) in [5.74, 6) is 0.459. The lowest BCUT2D eigenvalue weighted by molar-refractivity contribution is -0.0349. The maximum Gasteiger partial charge on any atom is 0.0839 e. The van der Waals surface area contributed by atoms with E-state index in [-0.39, 0.29) is 5.60 Å². The molecule has 3 atom stereocenters. The topological polar surface area (TPSA) is 23.5 Å². The Morgan fingerprint density at radius 3 is 3.00 bits per heavy atom. The number of hydrogen-bond donors (Lipinski definition) is 1. The average molecular weight is 183 g/mol. The molecular weight excluding hydrogens is 162 g/mol. The van der Waals surface area contributed by atoms with Crippen molar-refractivity contribution in [1.29, 1.82) is 0 Å². The first-order chi connectivity index (χ1) is 6.18. The first-order valence-corrected chi connectivity index (χ1v) is 5.65. The predicted molar refractivity (Wildman–Crippen MR) is 53.6 cm³/mol. The van der Waals surface area contributed by atoms with Gasteiger partial charge in [0.05, 0.1) is 5.60 Å². The summed E-state index contributed by atoms with van der Waals surface area (Å²) >= 11 is 0. The minimum absolute atomic E-state index is 0.370. The number of fused-ring (bicyclic) bond motifs is 1. The molecule has 2 saturated heterocycles. The van der Waals surface area contributed by atoms with Crippen molar-refractivity contribution in [2.45, 2.75) is 51.2 Å². The fourth-order valence-electron chi connectivity index (χ4n) is 3.08. The van der Waals surface area contributed by atoms with Crippen molar-refractivity contribution in [1.82, 2.24) is 4.90 Å². The largest absolute Gasteiger partial charge is 0.388 e. The van der Waals surface area contributed by atoms with Crippen molar-refractivity contribution in [2.24, 2.45) is 5.92 Å². The van der Waals surface area contributed by atoms with Gasteiger partial charge in [0.1, 0.15) is 0 Å². The second-order valence-corrected chi connectivity index (χ2v) is 4.74.